The first-order valence-corrected chi connectivity index (χ1v) is 7.43. The molecule has 1 atom stereocenters. The summed E-state index contributed by atoms with van der Waals surface area (Å²) in [4.78, 5) is 12.4. The van der Waals surface area contributed by atoms with Gasteiger partial charge in [0.1, 0.15) is 5.75 Å². The number of amides is 2. The fourth-order valence-electron chi connectivity index (χ4n) is 1.52. The molecule has 2 N–H and O–H groups in total. The number of rotatable bonds is 7. The fraction of sp³-hybridized carbons (Fsp3) is 0.500. The number of urea groups is 1. The maximum atomic E-state index is 11.3. The summed E-state index contributed by atoms with van der Waals surface area (Å²) in [5.74, 6) is 2.24. The van der Waals surface area contributed by atoms with Crippen molar-refractivity contribution in [2.24, 2.45) is 5.92 Å². The SMILES string of the molecule is CCNC(=O)NCC(C)CSc1ccccc1OC. The highest BCUT2D eigenvalue weighted by Crippen LogP contribution is 2.29. The van der Waals surface area contributed by atoms with Gasteiger partial charge in [-0.2, -0.15) is 0 Å². The fourth-order valence-corrected chi connectivity index (χ4v) is 2.57. The van der Waals surface area contributed by atoms with Crippen LogP contribution in [0.15, 0.2) is 29.2 Å². The van der Waals surface area contributed by atoms with Gasteiger partial charge in [-0.3, -0.25) is 0 Å². The zero-order valence-electron chi connectivity index (χ0n) is 11.7. The van der Waals surface area contributed by atoms with Crippen LogP contribution in [0.1, 0.15) is 13.8 Å². The zero-order chi connectivity index (χ0) is 14.1. The number of carbonyl (C=O) groups is 1. The van der Waals surface area contributed by atoms with E-state index in [-0.39, 0.29) is 6.03 Å². The molecule has 5 heteroatoms. The lowest BCUT2D eigenvalue weighted by Gasteiger charge is -2.13. The molecule has 0 aliphatic carbocycles. The number of methoxy groups -OCH3 is 1. The normalized spacial score (nSPS) is 11.7. The number of benzene rings is 1. The molecule has 0 saturated carbocycles. The maximum Gasteiger partial charge on any atom is 0.314 e. The summed E-state index contributed by atoms with van der Waals surface area (Å²) in [6.45, 7) is 5.35. The Labute approximate surface area is 119 Å². The van der Waals surface area contributed by atoms with Gasteiger partial charge in [0.05, 0.1) is 7.11 Å². The Morgan fingerprint density at radius 1 is 1.37 bits per heavy atom. The number of para-hydroxylation sites is 1. The molecule has 1 rings (SSSR count). The highest BCUT2D eigenvalue weighted by Gasteiger charge is 2.08. The van der Waals surface area contributed by atoms with E-state index < -0.39 is 0 Å². The third-order valence-corrected chi connectivity index (χ3v) is 3.92. The lowest BCUT2D eigenvalue weighted by molar-refractivity contribution is 0.240. The summed E-state index contributed by atoms with van der Waals surface area (Å²) >= 11 is 1.75. The van der Waals surface area contributed by atoms with Crippen LogP contribution in [-0.2, 0) is 0 Å². The molecule has 106 valence electrons. The van der Waals surface area contributed by atoms with Crippen LogP contribution in [-0.4, -0.2) is 32.0 Å². The number of thioether (sulfide) groups is 1. The molecule has 0 aliphatic heterocycles. The third-order valence-electron chi connectivity index (χ3n) is 2.54. The average Bonchev–Trinajstić information content (AvgIpc) is 2.43. The topological polar surface area (TPSA) is 50.4 Å². The van der Waals surface area contributed by atoms with Crippen molar-refractivity contribution in [2.45, 2.75) is 18.7 Å². The van der Waals surface area contributed by atoms with E-state index >= 15 is 0 Å². The maximum absolute atomic E-state index is 11.3. The Morgan fingerprint density at radius 3 is 2.79 bits per heavy atom. The van der Waals surface area contributed by atoms with E-state index in [4.69, 9.17) is 4.74 Å². The minimum atomic E-state index is -0.100. The second-order valence-electron chi connectivity index (χ2n) is 4.31. The molecule has 0 spiro atoms. The molecule has 0 saturated heterocycles. The van der Waals surface area contributed by atoms with Gasteiger partial charge in [0.25, 0.3) is 0 Å². The first kappa shape index (κ1) is 15.7. The van der Waals surface area contributed by atoms with Crippen molar-refractivity contribution in [2.75, 3.05) is 26.0 Å². The van der Waals surface area contributed by atoms with Crippen LogP contribution < -0.4 is 15.4 Å². The van der Waals surface area contributed by atoms with Crippen molar-refractivity contribution in [3.05, 3.63) is 24.3 Å². The van der Waals surface area contributed by atoms with E-state index in [9.17, 15) is 4.79 Å². The number of ether oxygens (including phenoxy) is 1. The summed E-state index contributed by atoms with van der Waals surface area (Å²) in [7, 11) is 1.68. The Balaban J connectivity index is 2.33. The number of hydrogen-bond acceptors (Lipinski definition) is 3. The van der Waals surface area contributed by atoms with Crippen molar-refractivity contribution < 1.29 is 9.53 Å². The van der Waals surface area contributed by atoms with Gasteiger partial charge in [0, 0.05) is 23.7 Å². The Morgan fingerprint density at radius 2 is 2.11 bits per heavy atom. The Hall–Kier alpha value is -1.36. The molecule has 0 aromatic heterocycles. The van der Waals surface area contributed by atoms with Crippen molar-refractivity contribution in [1.82, 2.24) is 10.6 Å². The first-order valence-electron chi connectivity index (χ1n) is 6.44. The predicted octanol–water partition coefficient (Wildman–Crippen LogP) is 2.74. The molecule has 0 radical (unpaired) electrons. The number of hydrogen-bond donors (Lipinski definition) is 2. The largest absolute Gasteiger partial charge is 0.496 e. The zero-order valence-corrected chi connectivity index (χ0v) is 12.5. The van der Waals surface area contributed by atoms with Crippen molar-refractivity contribution >= 4 is 17.8 Å². The standard InChI is InChI=1S/C14H22N2O2S/c1-4-15-14(17)16-9-11(2)10-19-13-8-6-5-7-12(13)18-3/h5-8,11H,4,9-10H2,1-3H3,(H2,15,16,17). The van der Waals surface area contributed by atoms with Crippen LogP contribution >= 0.6 is 11.8 Å². The highest BCUT2D eigenvalue weighted by molar-refractivity contribution is 7.99. The van der Waals surface area contributed by atoms with E-state index in [2.05, 4.69) is 17.6 Å². The minimum Gasteiger partial charge on any atom is -0.496 e. The highest BCUT2D eigenvalue weighted by atomic mass is 32.2. The molecular weight excluding hydrogens is 260 g/mol. The molecule has 19 heavy (non-hydrogen) atoms. The van der Waals surface area contributed by atoms with Gasteiger partial charge in [-0.1, -0.05) is 19.1 Å². The van der Waals surface area contributed by atoms with Crippen LogP contribution in [0, 0.1) is 5.92 Å². The van der Waals surface area contributed by atoms with Crippen LogP contribution in [0.3, 0.4) is 0 Å². The lowest BCUT2D eigenvalue weighted by atomic mass is 10.2. The van der Waals surface area contributed by atoms with Crippen molar-refractivity contribution in [3.63, 3.8) is 0 Å². The van der Waals surface area contributed by atoms with Gasteiger partial charge < -0.3 is 15.4 Å². The molecule has 0 bridgehead atoms. The predicted molar refractivity (Wildman–Crippen MR) is 80.0 cm³/mol. The second-order valence-corrected chi connectivity index (χ2v) is 5.37. The first-order chi connectivity index (χ1) is 9.17. The van der Waals surface area contributed by atoms with Gasteiger partial charge in [-0.05, 0) is 25.0 Å². The van der Waals surface area contributed by atoms with Gasteiger partial charge in [0.2, 0.25) is 0 Å². The summed E-state index contributed by atoms with van der Waals surface area (Å²) in [5.41, 5.74) is 0. The lowest BCUT2D eigenvalue weighted by Crippen LogP contribution is -2.37. The molecule has 0 heterocycles. The molecule has 1 aromatic rings. The summed E-state index contributed by atoms with van der Waals surface area (Å²) in [5, 5.41) is 5.57. The average molecular weight is 282 g/mol. The van der Waals surface area contributed by atoms with E-state index in [0.717, 1.165) is 16.4 Å². The van der Waals surface area contributed by atoms with Crippen molar-refractivity contribution in [3.8, 4) is 5.75 Å². The molecule has 4 nitrogen and oxygen atoms in total. The molecule has 0 aliphatic rings. The molecule has 0 fully saturated rings. The van der Waals surface area contributed by atoms with Crippen LogP contribution in [0.25, 0.3) is 0 Å². The Bertz CT molecular complexity index is 399. The smallest absolute Gasteiger partial charge is 0.314 e. The molecule has 2 amide bonds. The Kier molecular flexibility index (Phi) is 7.18. The summed E-state index contributed by atoms with van der Waals surface area (Å²) < 4.78 is 5.31. The van der Waals surface area contributed by atoms with Crippen LogP contribution in [0.4, 0.5) is 4.79 Å². The second kappa shape index (κ2) is 8.69. The summed E-state index contributed by atoms with van der Waals surface area (Å²) in [6, 6.07) is 7.87. The molecular formula is C14H22N2O2S. The quantitative estimate of drug-likeness (QED) is 0.756. The van der Waals surface area contributed by atoms with Crippen molar-refractivity contribution in [1.29, 1.82) is 0 Å². The molecule has 1 unspecified atom stereocenters. The van der Waals surface area contributed by atoms with Gasteiger partial charge >= 0.3 is 6.03 Å². The van der Waals surface area contributed by atoms with Gasteiger partial charge in [-0.15, -0.1) is 11.8 Å². The van der Waals surface area contributed by atoms with Crippen LogP contribution in [0.5, 0.6) is 5.75 Å². The summed E-state index contributed by atoms with van der Waals surface area (Å²) in [6.07, 6.45) is 0. The van der Waals surface area contributed by atoms with E-state index in [1.165, 1.54) is 0 Å². The monoisotopic (exact) mass is 282 g/mol. The number of nitrogens with one attached hydrogen (secondary N) is 2. The van der Waals surface area contributed by atoms with Gasteiger partial charge in [0.15, 0.2) is 0 Å². The van der Waals surface area contributed by atoms with E-state index in [0.29, 0.717) is 19.0 Å². The number of carbonyl (C=O) groups excluding carboxylic acids is 1. The third kappa shape index (κ3) is 5.87. The molecule has 1 aromatic carbocycles. The van der Waals surface area contributed by atoms with E-state index in [1.54, 1.807) is 18.9 Å². The van der Waals surface area contributed by atoms with E-state index in [1.807, 2.05) is 31.2 Å². The van der Waals surface area contributed by atoms with Crippen LogP contribution in [0.2, 0.25) is 0 Å². The minimum absolute atomic E-state index is 0.100. The van der Waals surface area contributed by atoms with Gasteiger partial charge in [-0.25, -0.2) is 4.79 Å².